The van der Waals surface area contributed by atoms with Crippen LogP contribution >= 0.6 is 11.3 Å². The Bertz CT molecular complexity index is 694. The normalized spacial score (nSPS) is 13.8. The van der Waals surface area contributed by atoms with Crippen LogP contribution in [0, 0.1) is 11.8 Å². The van der Waals surface area contributed by atoms with Gasteiger partial charge in [-0.1, -0.05) is 44.9 Å². The van der Waals surface area contributed by atoms with Crippen molar-refractivity contribution in [2.24, 2.45) is 11.8 Å². The largest absolute Gasteiger partial charge is 0.353 e. The minimum atomic E-state index is -0.338. The summed E-state index contributed by atoms with van der Waals surface area (Å²) in [4.78, 5) is 13.0. The van der Waals surface area contributed by atoms with Crippen LogP contribution in [0.2, 0.25) is 0 Å². The van der Waals surface area contributed by atoms with Gasteiger partial charge in [0.2, 0.25) is 5.91 Å². The Labute approximate surface area is 167 Å². The van der Waals surface area contributed by atoms with Crippen molar-refractivity contribution in [3.05, 3.63) is 35.2 Å². The van der Waals surface area contributed by atoms with Gasteiger partial charge < -0.3 is 14.8 Å². The highest BCUT2D eigenvalue weighted by molar-refractivity contribution is 7.17. The molecular weight excluding hydrogens is 358 g/mol. The highest BCUT2D eigenvalue weighted by Gasteiger charge is 2.31. The number of nitrogens with one attached hydrogen (secondary N) is 1. The van der Waals surface area contributed by atoms with Gasteiger partial charge in [0.15, 0.2) is 6.29 Å². The Balaban J connectivity index is 2.06. The van der Waals surface area contributed by atoms with Crippen LogP contribution in [0.1, 0.15) is 52.5 Å². The van der Waals surface area contributed by atoms with Crippen LogP contribution < -0.4 is 5.32 Å². The SMILES string of the molecule is CCCCC(C(=O)NCc1csc2ccccc12)[C@H](C)C(OCC)OCC. The first-order valence-corrected chi connectivity index (χ1v) is 11.0. The molecule has 1 unspecified atom stereocenters. The van der Waals surface area contributed by atoms with E-state index in [0.717, 1.165) is 19.3 Å². The number of fused-ring (bicyclic) bond motifs is 1. The van der Waals surface area contributed by atoms with Crippen LogP contribution in [0.3, 0.4) is 0 Å². The monoisotopic (exact) mass is 391 g/mol. The molecule has 2 aromatic rings. The molecule has 1 aromatic heterocycles. The fourth-order valence-corrected chi connectivity index (χ4v) is 4.37. The molecule has 0 bridgehead atoms. The first-order chi connectivity index (χ1) is 13.1. The number of carbonyl (C=O) groups excluding carboxylic acids is 1. The summed E-state index contributed by atoms with van der Waals surface area (Å²) in [5.41, 5.74) is 1.18. The molecule has 0 fully saturated rings. The van der Waals surface area contributed by atoms with Gasteiger partial charge in [-0.05, 0) is 42.7 Å². The summed E-state index contributed by atoms with van der Waals surface area (Å²) in [5, 5.41) is 6.52. The van der Waals surface area contributed by atoms with E-state index in [-0.39, 0.29) is 24.0 Å². The third-order valence-electron chi connectivity index (χ3n) is 4.95. The summed E-state index contributed by atoms with van der Waals surface area (Å²) in [5.74, 6) is -0.00995. The van der Waals surface area contributed by atoms with E-state index in [0.29, 0.717) is 19.8 Å². The number of hydrogen-bond acceptors (Lipinski definition) is 4. The molecule has 1 N–H and O–H groups in total. The van der Waals surface area contributed by atoms with Crippen molar-refractivity contribution in [2.45, 2.75) is 59.8 Å². The molecule has 2 rings (SSSR count). The fraction of sp³-hybridized carbons (Fsp3) is 0.591. The first-order valence-electron chi connectivity index (χ1n) is 10.1. The summed E-state index contributed by atoms with van der Waals surface area (Å²) in [6.07, 6.45) is 2.61. The lowest BCUT2D eigenvalue weighted by Crippen LogP contribution is -2.40. The number of unbranched alkanes of at least 4 members (excludes halogenated alkanes) is 1. The van der Waals surface area contributed by atoms with Gasteiger partial charge in [-0.15, -0.1) is 11.3 Å². The number of carbonyl (C=O) groups is 1. The number of thiophene rings is 1. The van der Waals surface area contributed by atoms with E-state index in [1.54, 1.807) is 11.3 Å². The van der Waals surface area contributed by atoms with Crippen molar-refractivity contribution in [3.63, 3.8) is 0 Å². The highest BCUT2D eigenvalue weighted by Crippen LogP contribution is 2.27. The van der Waals surface area contributed by atoms with Crippen LogP contribution in [-0.4, -0.2) is 25.4 Å². The maximum Gasteiger partial charge on any atom is 0.223 e. The summed E-state index contributed by atoms with van der Waals surface area (Å²) < 4.78 is 12.8. The van der Waals surface area contributed by atoms with Gasteiger partial charge in [-0.3, -0.25) is 4.79 Å². The van der Waals surface area contributed by atoms with Crippen molar-refractivity contribution < 1.29 is 14.3 Å². The number of hydrogen-bond donors (Lipinski definition) is 1. The molecular formula is C22H33NO3S. The van der Waals surface area contributed by atoms with Crippen molar-refractivity contribution >= 4 is 27.3 Å². The number of benzene rings is 1. The van der Waals surface area contributed by atoms with Gasteiger partial charge in [0.05, 0.1) is 0 Å². The number of rotatable bonds is 12. The second kappa shape index (κ2) is 11.4. The van der Waals surface area contributed by atoms with E-state index in [1.807, 2.05) is 26.0 Å². The molecule has 0 aliphatic carbocycles. The molecule has 5 heteroatoms. The summed E-state index contributed by atoms with van der Waals surface area (Å²) in [7, 11) is 0. The number of ether oxygens (including phenoxy) is 2. The summed E-state index contributed by atoms with van der Waals surface area (Å²) in [6, 6.07) is 8.32. The second-order valence-corrected chi connectivity index (χ2v) is 7.77. The minimum Gasteiger partial charge on any atom is -0.353 e. The molecule has 0 spiro atoms. The lowest BCUT2D eigenvalue weighted by atomic mass is 9.87. The van der Waals surface area contributed by atoms with Crippen molar-refractivity contribution in [3.8, 4) is 0 Å². The standard InChI is InChI=1S/C22H33NO3S/c1-5-8-11-18(16(4)22(25-6-2)26-7-3)21(24)23-14-17-15-27-20-13-10-9-12-19(17)20/h9-10,12-13,15-16,18,22H,5-8,11,14H2,1-4H3,(H,23,24)/t16-,18?/m0/s1. The molecule has 1 heterocycles. The van der Waals surface area contributed by atoms with Crippen LogP contribution in [0.15, 0.2) is 29.6 Å². The van der Waals surface area contributed by atoms with Crippen LogP contribution in [0.4, 0.5) is 0 Å². The smallest absolute Gasteiger partial charge is 0.223 e. The second-order valence-electron chi connectivity index (χ2n) is 6.86. The van der Waals surface area contributed by atoms with E-state index < -0.39 is 0 Å². The Morgan fingerprint density at radius 2 is 1.85 bits per heavy atom. The van der Waals surface area contributed by atoms with Gasteiger partial charge in [0, 0.05) is 36.3 Å². The Hall–Kier alpha value is -1.43. The Kier molecular flexibility index (Phi) is 9.25. The fourth-order valence-electron chi connectivity index (χ4n) is 3.41. The minimum absolute atomic E-state index is 0.00988. The van der Waals surface area contributed by atoms with Gasteiger partial charge in [-0.25, -0.2) is 0 Å². The topological polar surface area (TPSA) is 47.6 Å². The van der Waals surface area contributed by atoms with Gasteiger partial charge >= 0.3 is 0 Å². The van der Waals surface area contributed by atoms with Crippen molar-refractivity contribution in [1.82, 2.24) is 5.32 Å². The maximum absolute atomic E-state index is 13.0. The quantitative estimate of drug-likeness (QED) is 0.496. The molecule has 2 atom stereocenters. The molecule has 0 aliphatic rings. The van der Waals surface area contributed by atoms with E-state index in [2.05, 4.69) is 36.7 Å². The van der Waals surface area contributed by atoms with Crippen LogP contribution in [-0.2, 0) is 20.8 Å². The first kappa shape index (κ1) is 21.9. The summed E-state index contributed by atoms with van der Waals surface area (Å²) in [6.45, 7) is 9.86. The predicted molar refractivity (Wildman–Crippen MR) is 113 cm³/mol. The van der Waals surface area contributed by atoms with Gasteiger partial charge in [0.25, 0.3) is 0 Å². The van der Waals surface area contributed by atoms with Crippen LogP contribution in [0.25, 0.3) is 10.1 Å². The molecule has 4 nitrogen and oxygen atoms in total. The lowest BCUT2D eigenvalue weighted by Gasteiger charge is -2.30. The zero-order chi connectivity index (χ0) is 19.6. The van der Waals surface area contributed by atoms with Gasteiger partial charge in [-0.2, -0.15) is 0 Å². The predicted octanol–water partition coefficient (Wildman–Crippen LogP) is 5.36. The van der Waals surface area contributed by atoms with Crippen molar-refractivity contribution in [2.75, 3.05) is 13.2 Å². The molecule has 1 aromatic carbocycles. The number of amides is 1. The molecule has 0 aliphatic heterocycles. The van der Waals surface area contributed by atoms with E-state index >= 15 is 0 Å². The van der Waals surface area contributed by atoms with Gasteiger partial charge in [0.1, 0.15) is 0 Å². The molecule has 0 saturated carbocycles. The maximum atomic E-state index is 13.0. The average molecular weight is 392 g/mol. The zero-order valence-corrected chi connectivity index (χ0v) is 17.8. The third-order valence-corrected chi connectivity index (χ3v) is 5.96. The zero-order valence-electron chi connectivity index (χ0n) is 17.0. The molecule has 150 valence electrons. The molecule has 0 radical (unpaired) electrons. The van der Waals surface area contributed by atoms with E-state index in [9.17, 15) is 4.79 Å². The Morgan fingerprint density at radius 3 is 2.52 bits per heavy atom. The van der Waals surface area contributed by atoms with Crippen LogP contribution in [0.5, 0.6) is 0 Å². The van der Waals surface area contributed by atoms with Crippen molar-refractivity contribution in [1.29, 1.82) is 0 Å². The average Bonchev–Trinajstić information content (AvgIpc) is 3.09. The summed E-state index contributed by atoms with van der Waals surface area (Å²) >= 11 is 1.72. The van der Waals surface area contributed by atoms with E-state index in [4.69, 9.17) is 9.47 Å². The molecule has 1 amide bonds. The Morgan fingerprint density at radius 1 is 1.15 bits per heavy atom. The van der Waals surface area contributed by atoms with E-state index in [1.165, 1.54) is 15.6 Å². The third kappa shape index (κ3) is 6.03. The molecule has 0 saturated heterocycles. The molecule has 27 heavy (non-hydrogen) atoms. The lowest BCUT2D eigenvalue weighted by molar-refractivity contribution is -0.177. The highest BCUT2D eigenvalue weighted by atomic mass is 32.1.